The number of hydrogen-bond acceptors (Lipinski definition) is 6. The van der Waals surface area contributed by atoms with Crippen molar-refractivity contribution in [1.82, 2.24) is 25.1 Å². The van der Waals surface area contributed by atoms with Crippen molar-refractivity contribution in [3.8, 4) is 22.7 Å². The SMILES string of the molecule is Cc1cccc(F)c1-n1cc(-c2ncnc(Cl)c2OC[C@H]2CCC[C@@H](NC(=O)OC(C)(C)C)C2)cn1. The van der Waals surface area contributed by atoms with Gasteiger partial charge in [0.15, 0.2) is 10.9 Å². The van der Waals surface area contributed by atoms with Crippen LogP contribution in [0.5, 0.6) is 5.75 Å². The summed E-state index contributed by atoms with van der Waals surface area (Å²) in [6.07, 6.45) is 7.84. The molecule has 1 fully saturated rings. The molecule has 1 aliphatic rings. The summed E-state index contributed by atoms with van der Waals surface area (Å²) in [5.41, 5.74) is 1.70. The lowest BCUT2D eigenvalue weighted by Gasteiger charge is -2.30. The Bertz CT molecular complexity index is 1210. The summed E-state index contributed by atoms with van der Waals surface area (Å²) in [6, 6.07) is 4.90. The first-order chi connectivity index (χ1) is 17.1. The van der Waals surface area contributed by atoms with Gasteiger partial charge in [-0.05, 0) is 64.5 Å². The molecule has 0 radical (unpaired) electrons. The van der Waals surface area contributed by atoms with Crippen LogP contribution in [0.3, 0.4) is 0 Å². The topological polar surface area (TPSA) is 91.2 Å². The van der Waals surface area contributed by atoms with E-state index in [0.29, 0.717) is 29.3 Å². The second-order valence-corrected chi connectivity index (χ2v) is 10.5. The number of aromatic nitrogens is 4. The van der Waals surface area contributed by atoms with Crippen LogP contribution in [0.1, 0.15) is 52.0 Å². The normalized spacial score (nSPS) is 18.1. The van der Waals surface area contributed by atoms with E-state index in [1.165, 1.54) is 17.1 Å². The summed E-state index contributed by atoms with van der Waals surface area (Å²) >= 11 is 6.39. The first kappa shape index (κ1) is 25.9. The zero-order valence-corrected chi connectivity index (χ0v) is 21.7. The number of nitrogens with zero attached hydrogens (tertiary/aromatic N) is 4. The Kier molecular flexibility index (Phi) is 7.78. The standard InChI is InChI=1S/C26H31ClFN5O3/c1-16-7-5-10-20(28)22(16)33-13-18(12-31-33)21-23(24(27)30-15-29-21)35-14-17-8-6-9-19(11-17)32-25(34)36-26(2,3)4/h5,7,10,12-13,15,17,19H,6,8-9,11,14H2,1-4H3,(H,32,34)/t17-,19+/m0/s1. The Morgan fingerprint density at radius 3 is 2.83 bits per heavy atom. The lowest BCUT2D eigenvalue weighted by Crippen LogP contribution is -2.42. The molecule has 0 aliphatic heterocycles. The summed E-state index contributed by atoms with van der Waals surface area (Å²) < 4.78 is 27.5. The van der Waals surface area contributed by atoms with Crippen molar-refractivity contribution in [3.05, 3.63) is 53.5 Å². The van der Waals surface area contributed by atoms with Crippen molar-refractivity contribution in [1.29, 1.82) is 0 Å². The molecule has 3 aromatic rings. The number of nitrogens with one attached hydrogen (secondary N) is 1. The smallest absolute Gasteiger partial charge is 0.407 e. The largest absolute Gasteiger partial charge is 0.488 e. The zero-order chi connectivity index (χ0) is 25.9. The van der Waals surface area contributed by atoms with E-state index in [4.69, 9.17) is 21.1 Å². The Hall–Kier alpha value is -3.20. The maximum Gasteiger partial charge on any atom is 0.407 e. The van der Waals surface area contributed by atoms with Crippen LogP contribution in [0.4, 0.5) is 9.18 Å². The second-order valence-electron chi connectivity index (χ2n) is 10.1. The number of carbonyl (C=O) groups excluding carboxylic acids is 1. The fourth-order valence-corrected chi connectivity index (χ4v) is 4.60. The van der Waals surface area contributed by atoms with Gasteiger partial charge in [0.25, 0.3) is 0 Å². The van der Waals surface area contributed by atoms with E-state index < -0.39 is 11.7 Å². The van der Waals surface area contributed by atoms with E-state index in [1.54, 1.807) is 18.5 Å². The molecule has 1 saturated carbocycles. The van der Waals surface area contributed by atoms with Crippen molar-refractivity contribution in [3.63, 3.8) is 0 Å². The summed E-state index contributed by atoms with van der Waals surface area (Å²) in [7, 11) is 0. The van der Waals surface area contributed by atoms with Crippen molar-refractivity contribution in [2.45, 2.75) is 65.0 Å². The number of ether oxygens (including phenoxy) is 2. The molecule has 1 amide bonds. The molecule has 2 atom stereocenters. The summed E-state index contributed by atoms with van der Waals surface area (Å²) in [5, 5.41) is 7.49. The third kappa shape index (κ3) is 6.32. The summed E-state index contributed by atoms with van der Waals surface area (Å²) in [4.78, 5) is 20.6. The van der Waals surface area contributed by atoms with Gasteiger partial charge < -0.3 is 14.8 Å². The van der Waals surface area contributed by atoms with Gasteiger partial charge in [-0.3, -0.25) is 0 Å². The number of halogens is 2. The van der Waals surface area contributed by atoms with Crippen LogP contribution in [0, 0.1) is 18.7 Å². The minimum absolute atomic E-state index is 0.0198. The lowest BCUT2D eigenvalue weighted by molar-refractivity contribution is 0.0478. The third-order valence-electron chi connectivity index (χ3n) is 6.00. The Labute approximate surface area is 215 Å². The molecule has 0 spiro atoms. The number of benzene rings is 1. The number of aryl methyl sites for hydroxylation is 1. The van der Waals surface area contributed by atoms with Gasteiger partial charge in [0, 0.05) is 17.8 Å². The average Bonchev–Trinajstić information content (AvgIpc) is 3.26. The van der Waals surface area contributed by atoms with Gasteiger partial charge in [0.1, 0.15) is 29.1 Å². The first-order valence-electron chi connectivity index (χ1n) is 12.0. The Morgan fingerprint density at radius 2 is 2.08 bits per heavy atom. The first-order valence-corrected chi connectivity index (χ1v) is 12.4. The highest BCUT2D eigenvalue weighted by Gasteiger charge is 2.27. The number of hydrogen-bond donors (Lipinski definition) is 1. The van der Waals surface area contributed by atoms with Crippen LogP contribution < -0.4 is 10.1 Å². The van der Waals surface area contributed by atoms with Gasteiger partial charge >= 0.3 is 6.09 Å². The summed E-state index contributed by atoms with van der Waals surface area (Å²) in [5.74, 6) is 0.200. The molecule has 10 heteroatoms. The van der Waals surface area contributed by atoms with Crippen molar-refractivity contribution >= 4 is 17.7 Å². The van der Waals surface area contributed by atoms with Gasteiger partial charge in [-0.15, -0.1) is 0 Å². The molecular formula is C26H31ClFN5O3. The number of para-hydroxylation sites is 1. The quantitative estimate of drug-likeness (QED) is 0.411. The monoisotopic (exact) mass is 515 g/mol. The van der Waals surface area contributed by atoms with Gasteiger partial charge in [-0.2, -0.15) is 5.10 Å². The average molecular weight is 516 g/mol. The number of alkyl carbamates (subject to hydrolysis) is 1. The zero-order valence-electron chi connectivity index (χ0n) is 20.9. The third-order valence-corrected chi connectivity index (χ3v) is 6.27. The Balaban J connectivity index is 1.46. The van der Waals surface area contributed by atoms with Gasteiger partial charge in [-0.25, -0.2) is 23.8 Å². The second kappa shape index (κ2) is 10.8. The molecule has 4 rings (SSSR count). The molecule has 1 N–H and O–H groups in total. The van der Waals surface area contributed by atoms with Crippen LogP contribution >= 0.6 is 11.6 Å². The number of amides is 1. The molecule has 0 saturated heterocycles. The van der Waals surface area contributed by atoms with Crippen LogP contribution in [0.15, 0.2) is 36.9 Å². The fourth-order valence-electron chi connectivity index (χ4n) is 4.42. The van der Waals surface area contributed by atoms with E-state index in [9.17, 15) is 9.18 Å². The highest BCUT2D eigenvalue weighted by atomic mass is 35.5. The molecule has 2 heterocycles. The van der Waals surface area contributed by atoms with E-state index in [0.717, 1.165) is 31.2 Å². The molecule has 0 unspecified atom stereocenters. The van der Waals surface area contributed by atoms with Gasteiger partial charge in [0.2, 0.25) is 0 Å². The van der Waals surface area contributed by atoms with Crippen molar-refractivity contribution in [2.24, 2.45) is 5.92 Å². The molecule has 192 valence electrons. The fraction of sp³-hybridized carbons (Fsp3) is 0.462. The molecule has 36 heavy (non-hydrogen) atoms. The van der Waals surface area contributed by atoms with Crippen LogP contribution in [-0.2, 0) is 4.74 Å². The molecular weight excluding hydrogens is 485 g/mol. The Morgan fingerprint density at radius 1 is 1.28 bits per heavy atom. The molecule has 0 bridgehead atoms. The minimum atomic E-state index is -0.541. The predicted octanol–water partition coefficient (Wildman–Crippen LogP) is 5.89. The van der Waals surface area contributed by atoms with Crippen molar-refractivity contribution < 1.29 is 18.7 Å². The lowest BCUT2D eigenvalue weighted by atomic mass is 9.86. The van der Waals surface area contributed by atoms with E-state index >= 15 is 0 Å². The van der Waals surface area contributed by atoms with Crippen molar-refractivity contribution in [2.75, 3.05) is 6.61 Å². The maximum absolute atomic E-state index is 14.4. The van der Waals surface area contributed by atoms with E-state index in [-0.39, 0.29) is 22.9 Å². The number of carbonyl (C=O) groups is 1. The predicted molar refractivity (Wildman–Crippen MR) is 135 cm³/mol. The molecule has 2 aromatic heterocycles. The highest BCUT2D eigenvalue weighted by Crippen LogP contribution is 2.35. The maximum atomic E-state index is 14.4. The number of rotatable bonds is 6. The molecule has 8 nitrogen and oxygen atoms in total. The summed E-state index contributed by atoms with van der Waals surface area (Å²) in [6.45, 7) is 7.75. The van der Waals surface area contributed by atoms with Gasteiger partial charge in [-0.1, -0.05) is 30.2 Å². The van der Waals surface area contributed by atoms with E-state index in [1.807, 2.05) is 33.8 Å². The van der Waals surface area contributed by atoms with Crippen LogP contribution in [0.2, 0.25) is 5.15 Å². The van der Waals surface area contributed by atoms with Crippen LogP contribution in [0.25, 0.3) is 16.9 Å². The van der Waals surface area contributed by atoms with E-state index in [2.05, 4.69) is 20.4 Å². The molecule has 1 aromatic carbocycles. The highest BCUT2D eigenvalue weighted by molar-refractivity contribution is 6.31. The van der Waals surface area contributed by atoms with Crippen LogP contribution in [-0.4, -0.2) is 44.1 Å². The van der Waals surface area contributed by atoms with Gasteiger partial charge in [0.05, 0.1) is 12.8 Å². The minimum Gasteiger partial charge on any atom is -0.488 e. The molecule has 1 aliphatic carbocycles.